The van der Waals surface area contributed by atoms with Gasteiger partial charge >= 0.3 is 0 Å². The van der Waals surface area contributed by atoms with E-state index >= 15 is 0 Å². The number of amides is 1. The van der Waals surface area contributed by atoms with Crippen molar-refractivity contribution in [1.29, 1.82) is 0 Å². The van der Waals surface area contributed by atoms with Gasteiger partial charge in [0.1, 0.15) is 6.04 Å². The number of benzene rings is 2. The molecule has 0 saturated carbocycles. The molecule has 2 aromatic rings. The SMILES string of the molecule is CSC1=N[C@H](c2ccccc2)C(C(=O)Nc2ccccc2)=C(C)N1. The molecule has 1 aliphatic rings. The monoisotopic (exact) mass is 337 g/mol. The summed E-state index contributed by atoms with van der Waals surface area (Å²) in [5.74, 6) is -0.135. The smallest absolute Gasteiger partial charge is 0.255 e. The molecule has 0 radical (unpaired) electrons. The van der Waals surface area contributed by atoms with Crippen molar-refractivity contribution in [2.24, 2.45) is 4.99 Å². The summed E-state index contributed by atoms with van der Waals surface area (Å²) < 4.78 is 0. The lowest BCUT2D eigenvalue weighted by molar-refractivity contribution is -0.113. The average molecular weight is 337 g/mol. The summed E-state index contributed by atoms with van der Waals surface area (Å²) in [7, 11) is 0. The standard InChI is InChI=1S/C19H19N3OS/c1-13-16(18(23)21-15-11-7-4-8-12-15)17(22-19(20-13)24-2)14-9-5-3-6-10-14/h3-12,17H,1-2H3,(H,20,22)(H,21,23)/t17-/m1/s1. The number of para-hydroxylation sites is 1. The van der Waals surface area contributed by atoms with E-state index in [4.69, 9.17) is 4.99 Å². The molecule has 3 rings (SSSR count). The Labute approximate surface area is 146 Å². The summed E-state index contributed by atoms with van der Waals surface area (Å²) in [5.41, 5.74) is 3.25. The molecule has 0 bridgehead atoms. The molecule has 2 aromatic carbocycles. The predicted molar refractivity (Wildman–Crippen MR) is 101 cm³/mol. The first-order valence-electron chi connectivity index (χ1n) is 7.70. The van der Waals surface area contributed by atoms with Crippen LogP contribution in [0.4, 0.5) is 5.69 Å². The van der Waals surface area contributed by atoms with Crippen molar-refractivity contribution in [3.8, 4) is 0 Å². The minimum absolute atomic E-state index is 0.135. The van der Waals surface area contributed by atoms with Gasteiger partial charge in [-0.3, -0.25) is 4.79 Å². The van der Waals surface area contributed by atoms with Crippen molar-refractivity contribution in [1.82, 2.24) is 5.32 Å². The third-order valence-corrected chi connectivity index (χ3v) is 4.40. The molecule has 4 nitrogen and oxygen atoms in total. The number of allylic oxidation sites excluding steroid dienone is 1. The van der Waals surface area contributed by atoms with E-state index in [1.165, 1.54) is 11.8 Å². The number of anilines is 1. The topological polar surface area (TPSA) is 53.5 Å². The summed E-state index contributed by atoms with van der Waals surface area (Å²) >= 11 is 1.54. The van der Waals surface area contributed by atoms with Crippen LogP contribution in [-0.2, 0) is 4.79 Å². The first-order valence-corrected chi connectivity index (χ1v) is 8.92. The lowest BCUT2D eigenvalue weighted by atomic mass is 9.96. The molecule has 1 amide bonds. The van der Waals surface area contributed by atoms with E-state index < -0.39 is 0 Å². The lowest BCUT2D eigenvalue weighted by Gasteiger charge is -2.26. The normalized spacial score (nSPS) is 17.1. The zero-order valence-electron chi connectivity index (χ0n) is 13.6. The minimum atomic E-state index is -0.307. The van der Waals surface area contributed by atoms with Crippen molar-refractivity contribution >= 4 is 28.5 Å². The van der Waals surface area contributed by atoms with Gasteiger partial charge in [-0.15, -0.1) is 0 Å². The average Bonchev–Trinajstić information content (AvgIpc) is 2.62. The second-order valence-electron chi connectivity index (χ2n) is 5.44. The molecule has 1 heterocycles. The highest BCUT2D eigenvalue weighted by Gasteiger charge is 2.29. The number of carbonyl (C=O) groups excluding carboxylic acids is 1. The van der Waals surface area contributed by atoms with Crippen molar-refractivity contribution in [2.75, 3.05) is 11.6 Å². The maximum absolute atomic E-state index is 12.9. The van der Waals surface area contributed by atoms with Gasteiger partial charge in [-0.2, -0.15) is 0 Å². The van der Waals surface area contributed by atoms with Crippen LogP contribution in [0.25, 0.3) is 0 Å². The number of nitrogens with one attached hydrogen (secondary N) is 2. The van der Waals surface area contributed by atoms with Gasteiger partial charge in [0.15, 0.2) is 5.17 Å². The Hall–Kier alpha value is -2.53. The lowest BCUT2D eigenvalue weighted by Crippen LogP contribution is -2.31. The summed E-state index contributed by atoms with van der Waals surface area (Å²) in [6, 6.07) is 19.1. The molecule has 0 aliphatic carbocycles. The molecule has 0 fully saturated rings. The highest BCUT2D eigenvalue weighted by atomic mass is 32.2. The number of aliphatic imine (C=N–C) groups is 1. The van der Waals surface area contributed by atoms with Gasteiger partial charge in [-0.25, -0.2) is 4.99 Å². The molecule has 1 atom stereocenters. The number of amidine groups is 1. The second kappa shape index (κ2) is 7.36. The van der Waals surface area contributed by atoms with Crippen LogP contribution in [0, 0.1) is 0 Å². The first-order chi connectivity index (χ1) is 11.7. The Morgan fingerprint density at radius 2 is 1.71 bits per heavy atom. The van der Waals surface area contributed by atoms with Crippen molar-refractivity contribution in [3.63, 3.8) is 0 Å². The molecule has 5 heteroatoms. The van der Waals surface area contributed by atoms with E-state index in [0.29, 0.717) is 5.57 Å². The van der Waals surface area contributed by atoms with Gasteiger partial charge < -0.3 is 10.6 Å². The van der Waals surface area contributed by atoms with Crippen LogP contribution in [0.2, 0.25) is 0 Å². The quantitative estimate of drug-likeness (QED) is 0.891. The highest BCUT2D eigenvalue weighted by Crippen LogP contribution is 2.32. The van der Waals surface area contributed by atoms with Gasteiger partial charge in [0, 0.05) is 11.4 Å². The molecular formula is C19H19N3OS. The van der Waals surface area contributed by atoms with Gasteiger partial charge in [0.05, 0.1) is 5.57 Å². The fraction of sp³-hybridized carbons (Fsp3) is 0.158. The third kappa shape index (κ3) is 3.51. The number of nitrogens with zero attached hydrogens (tertiary/aromatic N) is 1. The van der Waals surface area contributed by atoms with Crippen LogP contribution in [0.5, 0.6) is 0 Å². The van der Waals surface area contributed by atoms with E-state index in [-0.39, 0.29) is 11.9 Å². The van der Waals surface area contributed by atoms with Crippen molar-refractivity contribution in [3.05, 3.63) is 77.5 Å². The zero-order chi connectivity index (χ0) is 16.9. The van der Waals surface area contributed by atoms with E-state index in [1.54, 1.807) is 0 Å². The third-order valence-electron chi connectivity index (χ3n) is 3.80. The van der Waals surface area contributed by atoms with Gasteiger partial charge in [0.2, 0.25) is 0 Å². The Balaban J connectivity index is 1.95. The largest absolute Gasteiger partial charge is 0.338 e. The predicted octanol–water partition coefficient (Wildman–Crippen LogP) is 3.96. The number of hydrogen-bond donors (Lipinski definition) is 2. The van der Waals surface area contributed by atoms with Crippen LogP contribution >= 0.6 is 11.8 Å². The molecule has 0 aromatic heterocycles. The molecular weight excluding hydrogens is 318 g/mol. The molecule has 122 valence electrons. The fourth-order valence-corrected chi connectivity index (χ4v) is 3.11. The molecule has 1 aliphatic heterocycles. The van der Waals surface area contributed by atoms with Crippen LogP contribution in [0.1, 0.15) is 18.5 Å². The summed E-state index contributed by atoms with van der Waals surface area (Å²) in [5, 5.41) is 6.99. The number of thioether (sulfide) groups is 1. The van der Waals surface area contributed by atoms with E-state index in [2.05, 4.69) is 10.6 Å². The Morgan fingerprint density at radius 1 is 1.08 bits per heavy atom. The number of hydrogen-bond acceptors (Lipinski definition) is 4. The van der Waals surface area contributed by atoms with Crippen LogP contribution < -0.4 is 10.6 Å². The Kier molecular flexibility index (Phi) is 5.01. The maximum atomic E-state index is 12.9. The zero-order valence-corrected chi connectivity index (χ0v) is 14.4. The summed E-state index contributed by atoms with van der Waals surface area (Å²) in [6.07, 6.45) is 1.97. The maximum Gasteiger partial charge on any atom is 0.255 e. The van der Waals surface area contributed by atoms with Gasteiger partial charge in [-0.05, 0) is 30.9 Å². The number of carbonyl (C=O) groups is 1. The van der Waals surface area contributed by atoms with E-state index in [9.17, 15) is 4.79 Å². The highest BCUT2D eigenvalue weighted by molar-refractivity contribution is 8.13. The summed E-state index contributed by atoms with van der Waals surface area (Å²) in [6.45, 7) is 1.92. The molecule has 0 unspecified atom stereocenters. The second-order valence-corrected chi connectivity index (χ2v) is 6.23. The fourth-order valence-electron chi connectivity index (χ4n) is 2.64. The van der Waals surface area contributed by atoms with Crippen LogP contribution in [-0.4, -0.2) is 17.3 Å². The molecule has 0 spiro atoms. The van der Waals surface area contributed by atoms with Gasteiger partial charge in [-0.1, -0.05) is 60.3 Å². The number of rotatable bonds is 3. The Bertz CT molecular complexity index is 785. The van der Waals surface area contributed by atoms with Crippen LogP contribution in [0.15, 0.2) is 76.9 Å². The van der Waals surface area contributed by atoms with Crippen LogP contribution in [0.3, 0.4) is 0 Å². The molecule has 24 heavy (non-hydrogen) atoms. The Morgan fingerprint density at radius 3 is 2.33 bits per heavy atom. The van der Waals surface area contributed by atoms with Gasteiger partial charge in [0.25, 0.3) is 5.91 Å². The van der Waals surface area contributed by atoms with E-state index in [0.717, 1.165) is 22.1 Å². The first kappa shape index (κ1) is 16.3. The molecule has 0 saturated heterocycles. The molecule has 2 N–H and O–H groups in total. The minimum Gasteiger partial charge on any atom is -0.338 e. The van der Waals surface area contributed by atoms with Crippen molar-refractivity contribution in [2.45, 2.75) is 13.0 Å². The van der Waals surface area contributed by atoms with E-state index in [1.807, 2.05) is 73.8 Å². The summed E-state index contributed by atoms with van der Waals surface area (Å²) in [4.78, 5) is 17.6. The van der Waals surface area contributed by atoms with Crippen molar-refractivity contribution < 1.29 is 4.79 Å².